The van der Waals surface area contributed by atoms with Crippen LogP contribution in [0.5, 0.6) is 5.75 Å². The molecule has 1 aromatic carbocycles. The highest BCUT2D eigenvalue weighted by Crippen LogP contribution is 2.21. The van der Waals surface area contributed by atoms with Crippen LogP contribution in [0, 0.1) is 6.92 Å². The monoisotopic (exact) mass is 252 g/mol. The van der Waals surface area contributed by atoms with Crippen molar-refractivity contribution < 1.29 is 19.0 Å². The third kappa shape index (κ3) is 4.85. The number of carbonyl (C=O) groups excluding carboxylic acids is 1. The van der Waals surface area contributed by atoms with Crippen LogP contribution >= 0.6 is 0 Å². The number of rotatable bonds is 9. The van der Waals surface area contributed by atoms with Gasteiger partial charge in [-0.1, -0.05) is 12.1 Å². The van der Waals surface area contributed by atoms with Gasteiger partial charge in [-0.2, -0.15) is 0 Å². The summed E-state index contributed by atoms with van der Waals surface area (Å²) in [5.74, 6) is 0.671. The maximum Gasteiger partial charge on any atom is 0.153 e. The Morgan fingerprint density at radius 1 is 1.17 bits per heavy atom. The molecule has 0 N–H and O–H groups in total. The molecular weight excluding hydrogens is 232 g/mol. The largest absolute Gasteiger partial charge is 0.492 e. The molecular formula is C14H20O4. The third-order valence-electron chi connectivity index (χ3n) is 2.48. The highest BCUT2D eigenvalue weighted by atomic mass is 16.5. The summed E-state index contributed by atoms with van der Waals surface area (Å²) in [5, 5.41) is 0. The summed E-state index contributed by atoms with van der Waals surface area (Å²) in [7, 11) is 1.64. The van der Waals surface area contributed by atoms with Gasteiger partial charge in [-0.3, -0.25) is 4.79 Å². The van der Waals surface area contributed by atoms with Crippen LogP contribution in [-0.2, 0) is 9.47 Å². The van der Waals surface area contributed by atoms with Crippen molar-refractivity contribution in [3.8, 4) is 5.75 Å². The van der Waals surface area contributed by atoms with Crippen molar-refractivity contribution in [3.05, 3.63) is 29.3 Å². The molecule has 4 nitrogen and oxygen atoms in total. The lowest BCUT2D eigenvalue weighted by atomic mass is 10.1. The predicted octanol–water partition coefficient (Wildman–Crippen LogP) is 2.24. The number of hydrogen-bond donors (Lipinski definition) is 0. The molecule has 100 valence electrons. The number of carbonyl (C=O) groups is 1. The van der Waals surface area contributed by atoms with Gasteiger partial charge < -0.3 is 14.2 Å². The molecule has 0 bridgehead atoms. The van der Waals surface area contributed by atoms with Crippen LogP contribution in [0.4, 0.5) is 0 Å². The third-order valence-corrected chi connectivity index (χ3v) is 2.48. The van der Waals surface area contributed by atoms with Gasteiger partial charge in [-0.05, 0) is 18.6 Å². The molecule has 0 aliphatic carbocycles. The number of aldehydes is 1. The molecule has 18 heavy (non-hydrogen) atoms. The molecule has 4 heteroatoms. The average Bonchev–Trinajstić information content (AvgIpc) is 2.39. The second-order valence-corrected chi connectivity index (χ2v) is 3.92. The van der Waals surface area contributed by atoms with Crippen LogP contribution < -0.4 is 4.74 Å². The Balaban J connectivity index is 2.29. The van der Waals surface area contributed by atoms with Crippen molar-refractivity contribution in [1.82, 2.24) is 0 Å². The first-order chi connectivity index (χ1) is 8.79. The van der Waals surface area contributed by atoms with Gasteiger partial charge in [0.2, 0.25) is 0 Å². The van der Waals surface area contributed by atoms with Crippen LogP contribution in [-0.4, -0.2) is 39.8 Å². The standard InChI is InChI=1S/C14H20O4/c1-12-5-3-6-13(11-15)14(12)18-8-4-7-17-10-9-16-2/h3,5-6,11H,4,7-10H2,1-2H3. The van der Waals surface area contributed by atoms with Crippen LogP contribution in [0.2, 0.25) is 0 Å². The Kier molecular flexibility index (Phi) is 7.06. The zero-order chi connectivity index (χ0) is 13.2. The molecule has 0 saturated heterocycles. The SMILES string of the molecule is COCCOCCCOc1c(C)cccc1C=O. The van der Waals surface area contributed by atoms with E-state index in [1.165, 1.54) is 0 Å². The van der Waals surface area contributed by atoms with Gasteiger partial charge in [-0.15, -0.1) is 0 Å². The summed E-state index contributed by atoms with van der Waals surface area (Å²) in [6.45, 7) is 4.30. The molecule has 0 heterocycles. The molecule has 0 aliphatic heterocycles. The van der Waals surface area contributed by atoms with Crippen LogP contribution in [0.25, 0.3) is 0 Å². The molecule has 0 spiro atoms. The molecule has 0 saturated carbocycles. The lowest BCUT2D eigenvalue weighted by Gasteiger charge is -2.11. The molecule has 1 aromatic rings. The Bertz CT molecular complexity index is 363. The topological polar surface area (TPSA) is 44.8 Å². The quantitative estimate of drug-likeness (QED) is 0.499. The average molecular weight is 252 g/mol. The molecule has 1 rings (SSSR count). The fraction of sp³-hybridized carbons (Fsp3) is 0.500. The molecule has 0 atom stereocenters. The minimum atomic E-state index is 0.540. The normalized spacial score (nSPS) is 10.3. The summed E-state index contributed by atoms with van der Waals surface area (Å²) in [6.07, 6.45) is 1.60. The number of para-hydroxylation sites is 1. The second-order valence-electron chi connectivity index (χ2n) is 3.92. The van der Waals surface area contributed by atoms with E-state index in [0.29, 0.717) is 37.7 Å². The van der Waals surface area contributed by atoms with E-state index < -0.39 is 0 Å². The number of aryl methyl sites for hydroxylation is 1. The van der Waals surface area contributed by atoms with E-state index >= 15 is 0 Å². The highest BCUT2D eigenvalue weighted by molar-refractivity contribution is 5.80. The fourth-order valence-corrected chi connectivity index (χ4v) is 1.54. The van der Waals surface area contributed by atoms with Crippen molar-refractivity contribution in [2.24, 2.45) is 0 Å². The second kappa shape index (κ2) is 8.66. The van der Waals surface area contributed by atoms with E-state index in [4.69, 9.17) is 14.2 Å². The van der Waals surface area contributed by atoms with E-state index in [2.05, 4.69) is 0 Å². The Labute approximate surface area is 108 Å². The van der Waals surface area contributed by atoms with Crippen LogP contribution in [0.3, 0.4) is 0 Å². The predicted molar refractivity (Wildman–Crippen MR) is 69.4 cm³/mol. The lowest BCUT2D eigenvalue weighted by Crippen LogP contribution is -2.08. The van der Waals surface area contributed by atoms with Gasteiger partial charge in [-0.25, -0.2) is 0 Å². The maximum absolute atomic E-state index is 10.9. The Hall–Kier alpha value is -1.39. The Morgan fingerprint density at radius 2 is 2.00 bits per heavy atom. The number of ether oxygens (including phenoxy) is 3. The van der Waals surface area contributed by atoms with E-state index in [0.717, 1.165) is 18.3 Å². The molecule has 0 fully saturated rings. The van der Waals surface area contributed by atoms with E-state index in [-0.39, 0.29) is 0 Å². The first-order valence-corrected chi connectivity index (χ1v) is 6.04. The van der Waals surface area contributed by atoms with Gasteiger partial charge >= 0.3 is 0 Å². The Morgan fingerprint density at radius 3 is 2.72 bits per heavy atom. The lowest BCUT2D eigenvalue weighted by molar-refractivity contribution is 0.0643. The van der Waals surface area contributed by atoms with E-state index in [1.54, 1.807) is 13.2 Å². The molecule has 0 amide bonds. The van der Waals surface area contributed by atoms with Gasteiger partial charge in [0.1, 0.15) is 5.75 Å². The summed E-state index contributed by atoms with van der Waals surface area (Å²) in [5.41, 5.74) is 1.57. The van der Waals surface area contributed by atoms with E-state index in [9.17, 15) is 4.79 Å². The van der Waals surface area contributed by atoms with Crippen molar-refractivity contribution in [2.75, 3.05) is 33.5 Å². The molecule has 0 unspecified atom stereocenters. The number of methoxy groups -OCH3 is 1. The molecule has 0 aromatic heterocycles. The maximum atomic E-state index is 10.9. The number of hydrogen-bond acceptors (Lipinski definition) is 4. The number of benzene rings is 1. The van der Waals surface area contributed by atoms with Crippen molar-refractivity contribution >= 4 is 6.29 Å². The summed E-state index contributed by atoms with van der Waals surface area (Å²) < 4.78 is 15.8. The van der Waals surface area contributed by atoms with Gasteiger partial charge in [0, 0.05) is 20.1 Å². The van der Waals surface area contributed by atoms with Crippen molar-refractivity contribution in [1.29, 1.82) is 0 Å². The molecule has 0 radical (unpaired) electrons. The van der Waals surface area contributed by atoms with Gasteiger partial charge in [0.05, 0.1) is 25.4 Å². The highest BCUT2D eigenvalue weighted by Gasteiger charge is 2.05. The first-order valence-electron chi connectivity index (χ1n) is 6.04. The van der Waals surface area contributed by atoms with Crippen LogP contribution in [0.1, 0.15) is 22.3 Å². The van der Waals surface area contributed by atoms with Gasteiger partial charge in [0.25, 0.3) is 0 Å². The smallest absolute Gasteiger partial charge is 0.153 e. The zero-order valence-corrected chi connectivity index (χ0v) is 11.0. The minimum absolute atomic E-state index is 0.540. The minimum Gasteiger partial charge on any atom is -0.492 e. The van der Waals surface area contributed by atoms with Gasteiger partial charge in [0.15, 0.2) is 6.29 Å². The van der Waals surface area contributed by atoms with Crippen molar-refractivity contribution in [2.45, 2.75) is 13.3 Å². The molecule has 0 aliphatic rings. The zero-order valence-electron chi connectivity index (χ0n) is 11.0. The van der Waals surface area contributed by atoms with Crippen LogP contribution in [0.15, 0.2) is 18.2 Å². The summed E-state index contributed by atoms with van der Waals surface area (Å²) in [6, 6.07) is 5.53. The first kappa shape index (κ1) is 14.7. The van der Waals surface area contributed by atoms with Crippen molar-refractivity contribution in [3.63, 3.8) is 0 Å². The summed E-state index contributed by atoms with van der Waals surface area (Å²) in [4.78, 5) is 10.9. The van der Waals surface area contributed by atoms with E-state index in [1.807, 2.05) is 19.1 Å². The summed E-state index contributed by atoms with van der Waals surface area (Å²) >= 11 is 0. The fourth-order valence-electron chi connectivity index (χ4n) is 1.54.